The normalized spacial score (nSPS) is 0. The largest absolute Gasteiger partial charge is 3.00 e. The minimum Gasteiger partial charge on any atom is -3.00 e. The van der Waals surface area contributed by atoms with Crippen LogP contribution in [0.3, 0.4) is 0 Å². The molecule has 0 aliphatic carbocycles. The molecule has 0 nitrogen and oxygen atoms in total. The van der Waals surface area contributed by atoms with E-state index in [1.807, 2.05) is 0 Å². The average molecular weight is 911 g/mol. The summed E-state index contributed by atoms with van der Waals surface area (Å²) in [6.07, 6.45) is 0. The summed E-state index contributed by atoms with van der Waals surface area (Å²) in [6.45, 7) is 0. The Labute approximate surface area is 219 Å². The Hall–Kier alpha value is 6.83. The van der Waals surface area contributed by atoms with Crippen LogP contribution in [0.4, 0.5) is 0 Å². The molecule has 111 valence electrons. The smallest absolute Gasteiger partial charge is 2.00 e. The van der Waals surface area contributed by atoms with Crippen molar-refractivity contribution >= 4 is 104 Å². The van der Waals surface area contributed by atoms with Gasteiger partial charge >= 0.3 is 119 Å². The van der Waals surface area contributed by atoms with Crippen molar-refractivity contribution in [2.24, 2.45) is 0 Å². The fourth-order valence-corrected chi connectivity index (χ4v) is 0. The van der Waals surface area contributed by atoms with E-state index in [0.29, 0.717) is 0 Å². The molecule has 0 rings (SSSR count). The quantitative estimate of drug-likeness (QED) is 0.241. The summed E-state index contributed by atoms with van der Waals surface area (Å²) in [6, 6.07) is 0. The van der Waals surface area contributed by atoms with E-state index in [1.54, 1.807) is 0 Å². The number of hydrogen-bond acceptors (Lipinski definition) is 0. The average Bonchev–Trinajstić information content (AvgIpc) is 0. The van der Waals surface area contributed by atoms with Crippen LogP contribution in [0.15, 0.2) is 0 Å². The summed E-state index contributed by atoms with van der Waals surface area (Å²) < 4.78 is 0. The van der Waals surface area contributed by atoms with Crippen molar-refractivity contribution in [3.63, 3.8) is 0 Å². The monoisotopic (exact) mass is 910 g/mol. The third-order valence-corrected chi connectivity index (χ3v) is 0. The van der Waals surface area contributed by atoms with Gasteiger partial charge in [-0.05, 0) is 0 Å². The molecule has 0 bridgehead atoms. The molecule has 0 aromatic heterocycles. The zero-order valence-corrected chi connectivity index (χ0v) is 21.8. The molecule has 7 radical (unpaired) electrons. The first-order valence-electron chi connectivity index (χ1n) is 0. The second-order valence-electron chi connectivity index (χ2n) is 0. The first-order chi connectivity index (χ1) is 0. The van der Waals surface area contributed by atoms with Crippen LogP contribution in [0.2, 0.25) is 0 Å². The molecule has 13 heteroatoms. The van der Waals surface area contributed by atoms with Gasteiger partial charge in [-0.25, -0.2) is 0 Å². The van der Waals surface area contributed by atoms with Gasteiger partial charge in [0.25, 0.3) is 0 Å². The summed E-state index contributed by atoms with van der Waals surface area (Å²) in [7, 11) is 0. The first-order valence-corrected chi connectivity index (χ1v) is 0. The van der Waals surface area contributed by atoms with Gasteiger partial charge in [0.15, 0.2) is 0 Å². The van der Waals surface area contributed by atoms with Crippen LogP contribution in [0.5, 0.6) is 0 Å². The Morgan fingerprint density at radius 1 is 0.231 bits per heavy atom. The van der Waals surface area contributed by atoms with E-state index in [4.69, 9.17) is 0 Å². The molecule has 0 aromatic rings. The molecule has 13 heavy (non-hydrogen) atoms. The Bertz CT molecular complexity index is 18.5. The predicted molar refractivity (Wildman–Crippen MR) is 34.5 cm³/mol. The van der Waals surface area contributed by atoms with Gasteiger partial charge in [0.2, 0.25) is 0 Å². The van der Waals surface area contributed by atoms with E-state index < -0.39 is 0 Å². The molecule has 0 spiro atoms. The van der Waals surface area contributed by atoms with E-state index in [2.05, 4.69) is 0 Å². The van der Waals surface area contributed by atoms with Crippen molar-refractivity contribution in [2.45, 2.75) is 0 Å². The van der Waals surface area contributed by atoms with E-state index in [-0.39, 0.29) is 224 Å². The molecular formula is As2Cu7Se4. The molecule has 0 N–H and O–H groups in total. The fourth-order valence-electron chi connectivity index (χ4n) is 0. The zero-order valence-electron chi connectivity index (χ0n) is 4.64. The molecule has 0 amide bonds. The van der Waals surface area contributed by atoms with Crippen LogP contribution in [0.1, 0.15) is 0 Å². The summed E-state index contributed by atoms with van der Waals surface area (Å²) >= 11 is 0. The Morgan fingerprint density at radius 2 is 0.231 bits per heavy atom. The van der Waals surface area contributed by atoms with Gasteiger partial charge in [-0.15, -0.1) is 0 Å². The van der Waals surface area contributed by atoms with Crippen LogP contribution in [0.25, 0.3) is 0 Å². The van der Waals surface area contributed by atoms with Gasteiger partial charge in [-0.3, -0.25) is 0 Å². The molecule has 0 saturated carbocycles. The van der Waals surface area contributed by atoms with Crippen molar-refractivity contribution in [1.29, 1.82) is 0 Å². The van der Waals surface area contributed by atoms with E-state index in [0.717, 1.165) is 0 Å². The van der Waals surface area contributed by atoms with Crippen molar-refractivity contribution in [3.8, 4) is 0 Å². The van der Waals surface area contributed by atoms with Crippen LogP contribution in [-0.2, 0) is 119 Å². The van der Waals surface area contributed by atoms with Gasteiger partial charge < -0.3 is 104 Å². The zero-order chi connectivity index (χ0) is 0. The van der Waals surface area contributed by atoms with Crippen LogP contribution >= 0.6 is 0 Å². The van der Waals surface area contributed by atoms with Crippen molar-refractivity contribution < 1.29 is 119 Å². The maximum absolute atomic E-state index is 0. The predicted octanol–water partition coefficient (Wildman–Crippen LogP) is -2.30. The van der Waals surface area contributed by atoms with E-state index >= 15 is 0 Å². The van der Waals surface area contributed by atoms with Crippen LogP contribution < -0.4 is 0 Å². The molecular weight excluding hydrogens is 911 g/mol. The van der Waals surface area contributed by atoms with Gasteiger partial charge in [0.05, 0.1) is 0 Å². The molecule has 0 atom stereocenters. The summed E-state index contributed by atoms with van der Waals surface area (Å²) in [5.41, 5.74) is 0. The van der Waals surface area contributed by atoms with Gasteiger partial charge in [-0.1, -0.05) is 0 Å². The van der Waals surface area contributed by atoms with Crippen LogP contribution in [0, 0.1) is 0 Å². The van der Waals surface area contributed by atoms with Gasteiger partial charge in [-0.2, -0.15) is 0 Å². The third kappa shape index (κ3) is 114. The SMILES string of the molecule is [As-3].[As-3].[Cu+2].[Cu+2].[Cu+2].[Cu+2].[Cu+2].[Cu+2].[Cu+2].[Se-2].[Se-2].[Se-2].[Se-2]. The topological polar surface area (TPSA) is 0 Å². The second-order valence-corrected chi connectivity index (χ2v) is 0. The first kappa shape index (κ1) is 151. The van der Waals surface area contributed by atoms with Crippen molar-refractivity contribution in [2.75, 3.05) is 0 Å². The van der Waals surface area contributed by atoms with E-state index in [1.165, 1.54) is 0 Å². The maximum atomic E-state index is 0. The fraction of sp³-hybridized carbons (Fsp3) is 0. The molecule has 0 saturated heterocycles. The van der Waals surface area contributed by atoms with Crippen molar-refractivity contribution in [3.05, 3.63) is 0 Å². The van der Waals surface area contributed by atoms with Gasteiger partial charge in [0.1, 0.15) is 0 Å². The standard InChI is InChI=1S/2As.7Cu.4Se/q2*-3;7*+2;4*-2. The minimum absolute atomic E-state index is 0. The molecule has 0 aliphatic rings. The number of hydrogen-bond donors (Lipinski definition) is 0. The Balaban J connectivity index is 0. The molecule has 0 heterocycles. The molecule has 0 aliphatic heterocycles. The summed E-state index contributed by atoms with van der Waals surface area (Å²) in [4.78, 5) is 0. The Morgan fingerprint density at radius 3 is 0.231 bits per heavy atom. The summed E-state index contributed by atoms with van der Waals surface area (Å²) in [5, 5.41) is 0. The molecule has 0 fully saturated rings. The third-order valence-electron chi connectivity index (χ3n) is 0. The van der Waals surface area contributed by atoms with E-state index in [9.17, 15) is 0 Å². The Kier molecular flexibility index (Phi) is 1490. The molecule has 0 aromatic carbocycles. The van der Waals surface area contributed by atoms with Crippen molar-refractivity contribution in [1.82, 2.24) is 0 Å². The summed E-state index contributed by atoms with van der Waals surface area (Å²) in [5.74, 6) is 0. The maximum Gasteiger partial charge on any atom is 2.00 e. The number of rotatable bonds is 0. The molecule has 0 unspecified atom stereocenters. The minimum atomic E-state index is 0. The second kappa shape index (κ2) is 128. The van der Waals surface area contributed by atoms with Gasteiger partial charge in [0, 0.05) is 0 Å². The van der Waals surface area contributed by atoms with Crippen LogP contribution in [-0.4, -0.2) is 104 Å².